The number of hydrogen-bond acceptors (Lipinski definition) is 4. The lowest BCUT2D eigenvalue weighted by atomic mass is 9.98. The topological polar surface area (TPSA) is 98.7 Å². The SMILES string of the molecule is CC1(C)Nc2ccccc2N(CC(=O)Nc2ccc(C(=O)O)cc2)C1=O. The predicted molar refractivity (Wildman–Crippen MR) is 98.5 cm³/mol. The molecule has 3 N–H and O–H groups in total. The fourth-order valence-corrected chi connectivity index (χ4v) is 2.85. The van der Waals surface area contributed by atoms with Crippen molar-refractivity contribution < 1.29 is 19.5 Å². The molecule has 3 rings (SSSR count). The number of amides is 2. The Morgan fingerprint density at radius 3 is 2.42 bits per heavy atom. The van der Waals surface area contributed by atoms with Crippen molar-refractivity contribution in [3.8, 4) is 0 Å². The van der Waals surface area contributed by atoms with Crippen molar-refractivity contribution in [2.75, 3.05) is 22.1 Å². The maximum atomic E-state index is 12.7. The van der Waals surface area contributed by atoms with Crippen LogP contribution in [-0.4, -0.2) is 35.0 Å². The Hall–Kier alpha value is -3.35. The molecule has 1 aliphatic heterocycles. The Labute approximate surface area is 150 Å². The summed E-state index contributed by atoms with van der Waals surface area (Å²) in [6.07, 6.45) is 0. The number of para-hydroxylation sites is 2. The molecule has 2 amide bonds. The zero-order valence-electron chi connectivity index (χ0n) is 14.4. The van der Waals surface area contributed by atoms with Gasteiger partial charge in [-0.2, -0.15) is 0 Å². The first-order valence-corrected chi connectivity index (χ1v) is 8.10. The number of rotatable bonds is 4. The second-order valence-electron chi connectivity index (χ2n) is 6.59. The minimum Gasteiger partial charge on any atom is -0.478 e. The molecule has 0 unspecified atom stereocenters. The first-order valence-electron chi connectivity index (χ1n) is 8.10. The highest BCUT2D eigenvalue weighted by molar-refractivity contribution is 6.11. The quantitative estimate of drug-likeness (QED) is 0.785. The molecule has 134 valence electrons. The van der Waals surface area contributed by atoms with Crippen molar-refractivity contribution in [3.05, 3.63) is 54.1 Å². The molecule has 0 saturated heterocycles. The van der Waals surface area contributed by atoms with Crippen LogP contribution in [0.4, 0.5) is 17.1 Å². The Morgan fingerprint density at radius 2 is 1.77 bits per heavy atom. The number of carboxylic acid groups (broad SMARTS) is 1. The van der Waals surface area contributed by atoms with Crippen LogP contribution in [0.3, 0.4) is 0 Å². The molecule has 0 fully saturated rings. The van der Waals surface area contributed by atoms with Gasteiger partial charge in [0.25, 0.3) is 5.91 Å². The summed E-state index contributed by atoms with van der Waals surface area (Å²) < 4.78 is 0. The summed E-state index contributed by atoms with van der Waals surface area (Å²) in [7, 11) is 0. The van der Waals surface area contributed by atoms with Crippen molar-refractivity contribution in [3.63, 3.8) is 0 Å². The lowest BCUT2D eigenvalue weighted by Gasteiger charge is -2.39. The Kier molecular flexibility index (Phi) is 4.38. The van der Waals surface area contributed by atoms with Crippen molar-refractivity contribution in [1.29, 1.82) is 0 Å². The van der Waals surface area contributed by atoms with Gasteiger partial charge in [-0.15, -0.1) is 0 Å². The molecule has 1 heterocycles. The third-order valence-corrected chi connectivity index (χ3v) is 4.14. The van der Waals surface area contributed by atoms with Crippen LogP contribution in [0.2, 0.25) is 0 Å². The van der Waals surface area contributed by atoms with Gasteiger partial charge in [0.1, 0.15) is 12.1 Å². The van der Waals surface area contributed by atoms with E-state index in [2.05, 4.69) is 10.6 Å². The fourth-order valence-electron chi connectivity index (χ4n) is 2.85. The van der Waals surface area contributed by atoms with Crippen LogP contribution in [-0.2, 0) is 9.59 Å². The van der Waals surface area contributed by atoms with E-state index in [1.54, 1.807) is 19.9 Å². The van der Waals surface area contributed by atoms with Gasteiger partial charge in [0, 0.05) is 5.69 Å². The molecule has 2 aromatic carbocycles. The number of anilines is 3. The van der Waals surface area contributed by atoms with Gasteiger partial charge < -0.3 is 15.7 Å². The minimum atomic E-state index is -1.03. The van der Waals surface area contributed by atoms with Gasteiger partial charge in [-0.25, -0.2) is 4.79 Å². The molecule has 0 radical (unpaired) electrons. The summed E-state index contributed by atoms with van der Waals surface area (Å²) in [5, 5.41) is 14.8. The summed E-state index contributed by atoms with van der Waals surface area (Å²) in [6, 6.07) is 13.2. The molecule has 0 saturated carbocycles. The second-order valence-corrected chi connectivity index (χ2v) is 6.59. The molecule has 7 heteroatoms. The van der Waals surface area contributed by atoms with Crippen LogP contribution in [0.5, 0.6) is 0 Å². The molecule has 0 aliphatic carbocycles. The summed E-state index contributed by atoms with van der Waals surface area (Å²) >= 11 is 0. The maximum absolute atomic E-state index is 12.7. The maximum Gasteiger partial charge on any atom is 0.335 e. The zero-order chi connectivity index (χ0) is 18.9. The number of nitrogens with one attached hydrogen (secondary N) is 2. The summed E-state index contributed by atoms with van der Waals surface area (Å²) in [6.45, 7) is 3.39. The van der Waals surface area contributed by atoms with E-state index in [-0.39, 0.29) is 23.9 Å². The molecule has 0 atom stereocenters. The Morgan fingerprint density at radius 1 is 1.12 bits per heavy atom. The average molecular weight is 353 g/mol. The lowest BCUT2D eigenvalue weighted by Crippen LogP contribution is -2.55. The number of fused-ring (bicyclic) bond motifs is 1. The van der Waals surface area contributed by atoms with Crippen LogP contribution >= 0.6 is 0 Å². The van der Waals surface area contributed by atoms with Crippen molar-refractivity contribution >= 4 is 34.8 Å². The third-order valence-electron chi connectivity index (χ3n) is 4.14. The van der Waals surface area contributed by atoms with E-state index in [0.29, 0.717) is 11.4 Å². The van der Waals surface area contributed by atoms with E-state index >= 15 is 0 Å². The average Bonchev–Trinajstić information content (AvgIpc) is 2.59. The van der Waals surface area contributed by atoms with Gasteiger partial charge >= 0.3 is 5.97 Å². The van der Waals surface area contributed by atoms with Gasteiger partial charge in [0.15, 0.2) is 0 Å². The first kappa shape index (κ1) is 17.5. The third kappa shape index (κ3) is 3.37. The van der Waals surface area contributed by atoms with E-state index in [1.807, 2.05) is 18.2 Å². The van der Waals surface area contributed by atoms with Gasteiger partial charge in [-0.3, -0.25) is 14.5 Å². The number of carboxylic acids is 1. The lowest BCUT2D eigenvalue weighted by molar-refractivity contribution is -0.124. The molecular weight excluding hydrogens is 334 g/mol. The molecule has 2 aromatic rings. The van der Waals surface area contributed by atoms with Crippen LogP contribution in [0.25, 0.3) is 0 Å². The number of aromatic carboxylic acids is 1. The Balaban J connectivity index is 1.77. The van der Waals surface area contributed by atoms with E-state index in [4.69, 9.17) is 5.11 Å². The monoisotopic (exact) mass is 353 g/mol. The molecule has 0 aromatic heterocycles. The number of carbonyl (C=O) groups excluding carboxylic acids is 2. The van der Waals surface area contributed by atoms with E-state index < -0.39 is 11.5 Å². The van der Waals surface area contributed by atoms with Crippen LogP contribution in [0.1, 0.15) is 24.2 Å². The highest BCUT2D eigenvalue weighted by Gasteiger charge is 2.39. The van der Waals surface area contributed by atoms with Gasteiger partial charge in [0.05, 0.1) is 16.9 Å². The predicted octanol–water partition coefficient (Wildman–Crippen LogP) is 2.56. The molecule has 0 spiro atoms. The number of carbonyl (C=O) groups is 3. The number of benzene rings is 2. The van der Waals surface area contributed by atoms with Crippen LogP contribution < -0.4 is 15.5 Å². The van der Waals surface area contributed by atoms with Crippen LogP contribution in [0.15, 0.2) is 48.5 Å². The highest BCUT2D eigenvalue weighted by Crippen LogP contribution is 2.34. The van der Waals surface area contributed by atoms with Crippen molar-refractivity contribution in [2.45, 2.75) is 19.4 Å². The molecule has 7 nitrogen and oxygen atoms in total. The summed E-state index contributed by atoms with van der Waals surface area (Å²) in [5.41, 5.74) is 1.22. The van der Waals surface area contributed by atoms with Crippen molar-refractivity contribution in [1.82, 2.24) is 0 Å². The normalized spacial score (nSPS) is 15.0. The number of hydrogen-bond donors (Lipinski definition) is 3. The second kappa shape index (κ2) is 6.51. The fraction of sp³-hybridized carbons (Fsp3) is 0.211. The van der Waals surface area contributed by atoms with E-state index in [1.165, 1.54) is 29.2 Å². The minimum absolute atomic E-state index is 0.135. The van der Waals surface area contributed by atoms with E-state index in [0.717, 1.165) is 5.69 Å². The van der Waals surface area contributed by atoms with Gasteiger partial charge in [-0.05, 0) is 50.2 Å². The Bertz CT molecular complexity index is 875. The smallest absolute Gasteiger partial charge is 0.335 e. The standard InChI is InChI=1S/C19H19N3O4/c1-19(2)18(26)22(15-6-4-3-5-14(15)21-19)11-16(23)20-13-9-7-12(8-10-13)17(24)25/h3-10,21H,11H2,1-2H3,(H,20,23)(H,24,25). The highest BCUT2D eigenvalue weighted by atomic mass is 16.4. The van der Waals surface area contributed by atoms with Gasteiger partial charge in [-0.1, -0.05) is 12.1 Å². The first-order chi connectivity index (χ1) is 12.3. The molecular formula is C19H19N3O4. The molecule has 0 bridgehead atoms. The van der Waals surface area contributed by atoms with Crippen LogP contribution in [0, 0.1) is 0 Å². The van der Waals surface area contributed by atoms with E-state index in [9.17, 15) is 14.4 Å². The number of nitrogens with zero attached hydrogens (tertiary/aromatic N) is 1. The molecule has 1 aliphatic rings. The summed E-state index contributed by atoms with van der Waals surface area (Å²) in [5.74, 6) is -1.60. The van der Waals surface area contributed by atoms with Gasteiger partial charge in [0.2, 0.25) is 5.91 Å². The summed E-state index contributed by atoms with van der Waals surface area (Å²) in [4.78, 5) is 37.5. The van der Waals surface area contributed by atoms with Crippen molar-refractivity contribution in [2.24, 2.45) is 0 Å². The largest absolute Gasteiger partial charge is 0.478 e. The molecule has 26 heavy (non-hydrogen) atoms. The zero-order valence-corrected chi connectivity index (χ0v) is 14.4.